The molecule has 0 saturated carbocycles. The maximum atomic E-state index is 5.68. The second kappa shape index (κ2) is 8.22. The van der Waals surface area contributed by atoms with Crippen LogP contribution in [0.3, 0.4) is 0 Å². The smallest absolute Gasteiger partial charge is 0.189 e. The van der Waals surface area contributed by atoms with E-state index in [4.69, 9.17) is 5.73 Å². The average molecular weight is 389 g/mol. The molecule has 0 radical (unpaired) electrons. The van der Waals surface area contributed by atoms with Gasteiger partial charge in [-0.2, -0.15) is 0 Å². The lowest BCUT2D eigenvalue weighted by atomic mass is 10.1. The Balaban J connectivity index is 0.000000162. The average Bonchev–Trinajstić information content (AvgIpc) is 3.39. The molecule has 0 fully saturated rings. The van der Waals surface area contributed by atoms with E-state index in [-0.39, 0.29) is 0 Å². The summed E-state index contributed by atoms with van der Waals surface area (Å²) in [6, 6.07) is 14.0. The molecule has 2 aliphatic heterocycles. The lowest BCUT2D eigenvalue weighted by molar-refractivity contribution is 0.975. The van der Waals surface area contributed by atoms with Gasteiger partial charge in [-0.15, -0.1) is 0 Å². The van der Waals surface area contributed by atoms with Gasteiger partial charge in [-0.1, -0.05) is 36.0 Å². The largest absolute Gasteiger partial charge is 0.398 e. The number of anilines is 3. The molecular weight excluding hydrogens is 368 g/mol. The van der Waals surface area contributed by atoms with Crippen molar-refractivity contribution in [2.75, 3.05) is 17.3 Å². The predicted molar refractivity (Wildman–Crippen MR) is 117 cm³/mol. The third-order valence-corrected chi connectivity index (χ3v) is 5.03. The van der Waals surface area contributed by atoms with Gasteiger partial charge in [-0.25, -0.2) is 9.97 Å². The van der Waals surface area contributed by atoms with Crippen molar-refractivity contribution in [1.29, 1.82) is 0 Å². The Hall–Kier alpha value is -3.19. The highest BCUT2D eigenvalue weighted by atomic mass is 32.2. The van der Waals surface area contributed by atoms with E-state index in [1.165, 1.54) is 22.9 Å². The highest BCUT2D eigenvalue weighted by Gasteiger charge is 2.11. The molecule has 1 aromatic heterocycles. The van der Waals surface area contributed by atoms with Crippen molar-refractivity contribution < 1.29 is 0 Å². The summed E-state index contributed by atoms with van der Waals surface area (Å²) in [5, 5.41) is 4.09. The van der Waals surface area contributed by atoms with Crippen LogP contribution in [0, 0.1) is 0 Å². The van der Waals surface area contributed by atoms with E-state index in [1.807, 2.05) is 49.0 Å². The molecule has 0 unspecified atom stereocenters. The molecule has 28 heavy (non-hydrogen) atoms. The van der Waals surface area contributed by atoms with E-state index >= 15 is 0 Å². The van der Waals surface area contributed by atoms with Crippen LogP contribution in [0.4, 0.5) is 17.2 Å². The molecule has 3 heterocycles. The van der Waals surface area contributed by atoms with Crippen LogP contribution in [-0.2, 0) is 13.1 Å². The number of nitrogens with zero attached hydrogens (tertiary/aromatic N) is 4. The third kappa shape index (κ3) is 3.89. The van der Waals surface area contributed by atoms with Crippen molar-refractivity contribution in [1.82, 2.24) is 9.97 Å². The zero-order chi connectivity index (χ0) is 19.3. The van der Waals surface area contributed by atoms with Gasteiger partial charge in [-0.05, 0) is 35.6 Å². The molecule has 3 aromatic rings. The van der Waals surface area contributed by atoms with Gasteiger partial charge in [0.05, 0.1) is 13.1 Å². The lowest BCUT2D eigenvalue weighted by Crippen LogP contribution is -1.99. The zero-order valence-electron chi connectivity index (χ0n) is 15.5. The number of hydrogen-bond acceptors (Lipinski definition) is 7. The fourth-order valence-electron chi connectivity index (χ4n) is 3.06. The lowest BCUT2D eigenvalue weighted by Gasteiger charge is -2.09. The fourth-order valence-corrected chi connectivity index (χ4v) is 3.41. The first-order valence-corrected chi connectivity index (χ1v) is 10.1. The molecule has 0 amide bonds. The summed E-state index contributed by atoms with van der Waals surface area (Å²) in [5.41, 5.74) is 12.3. The van der Waals surface area contributed by atoms with Crippen molar-refractivity contribution in [2.24, 2.45) is 9.98 Å². The number of nitrogen functional groups attached to an aromatic ring is 1. The number of aliphatic imine (C=N–C) groups is 2. The first-order chi connectivity index (χ1) is 13.7. The normalized spacial score (nSPS) is 12.9. The molecule has 0 saturated heterocycles. The van der Waals surface area contributed by atoms with Gasteiger partial charge in [0, 0.05) is 41.1 Å². The summed E-state index contributed by atoms with van der Waals surface area (Å²) in [7, 11) is 0. The Morgan fingerprint density at radius 1 is 0.929 bits per heavy atom. The number of benzene rings is 2. The van der Waals surface area contributed by atoms with Crippen LogP contribution in [0.15, 0.2) is 63.8 Å². The topological polar surface area (TPSA) is 88.5 Å². The molecule has 140 valence electrons. The summed E-state index contributed by atoms with van der Waals surface area (Å²) in [4.78, 5) is 17.0. The minimum Gasteiger partial charge on any atom is -0.398 e. The highest BCUT2D eigenvalue weighted by molar-refractivity contribution is 7.98. The number of thioether (sulfide) groups is 1. The Kier molecular flexibility index (Phi) is 5.34. The first kappa shape index (κ1) is 18.2. The van der Waals surface area contributed by atoms with E-state index in [1.54, 1.807) is 6.20 Å². The fraction of sp³-hybridized carbons (Fsp3) is 0.143. The molecule has 0 bridgehead atoms. The monoisotopic (exact) mass is 388 g/mol. The minimum atomic E-state index is 0.765. The van der Waals surface area contributed by atoms with Crippen molar-refractivity contribution in [3.8, 4) is 0 Å². The quantitative estimate of drug-likeness (QED) is 0.401. The Bertz CT molecular complexity index is 1060. The van der Waals surface area contributed by atoms with Gasteiger partial charge in [0.1, 0.15) is 5.82 Å². The molecule has 6 nitrogen and oxygen atoms in total. The maximum absolute atomic E-state index is 5.68. The van der Waals surface area contributed by atoms with E-state index in [0.717, 1.165) is 46.6 Å². The molecule has 7 heteroatoms. The van der Waals surface area contributed by atoms with E-state index in [2.05, 4.69) is 37.4 Å². The number of nitrogens with one attached hydrogen (secondary N) is 1. The molecule has 0 spiro atoms. The number of fused-ring (bicyclic) bond motifs is 2. The minimum absolute atomic E-state index is 0.765. The van der Waals surface area contributed by atoms with Gasteiger partial charge in [0.25, 0.3) is 0 Å². The number of rotatable bonds is 3. The second-order valence-corrected chi connectivity index (χ2v) is 7.06. The van der Waals surface area contributed by atoms with Gasteiger partial charge in [-0.3, -0.25) is 9.98 Å². The van der Waals surface area contributed by atoms with Crippen molar-refractivity contribution in [3.63, 3.8) is 0 Å². The van der Waals surface area contributed by atoms with E-state index < -0.39 is 0 Å². The summed E-state index contributed by atoms with van der Waals surface area (Å²) >= 11 is 1.53. The molecule has 5 rings (SSSR count). The maximum Gasteiger partial charge on any atom is 0.189 e. The number of hydrogen-bond donors (Lipinski definition) is 2. The van der Waals surface area contributed by atoms with Crippen LogP contribution < -0.4 is 11.1 Å². The molecule has 0 aliphatic carbocycles. The van der Waals surface area contributed by atoms with Gasteiger partial charge in [0.2, 0.25) is 0 Å². The van der Waals surface area contributed by atoms with Gasteiger partial charge < -0.3 is 11.1 Å². The first-order valence-electron chi connectivity index (χ1n) is 8.87. The van der Waals surface area contributed by atoms with Crippen molar-refractivity contribution >= 4 is 41.4 Å². The molecular formula is C21H20N6S. The van der Waals surface area contributed by atoms with Crippen LogP contribution in [0.1, 0.15) is 22.3 Å². The van der Waals surface area contributed by atoms with Crippen LogP contribution in [-0.4, -0.2) is 28.7 Å². The number of aromatic nitrogens is 2. The van der Waals surface area contributed by atoms with Crippen LogP contribution >= 0.6 is 11.8 Å². The second-order valence-electron chi connectivity index (χ2n) is 6.29. The van der Waals surface area contributed by atoms with Crippen molar-refractivity contribution in [3.05, 3.63) is 70.9 Å². The summed E-state index contributed by atoms with van der Waals surface area (Å²) in [6.45, 7) is 1.56. The Labute approximate surface area is 168 Å². The summed E-state index contributed by atoms with van der Waals surface area (Å²) in [6.07, 6.45) is 7.48. The molecule has 3 N–H and O–H groups in total. The van der Waals surface area contributed by atoms with Gasteiger partial charge >= 0.3 is 0 Å². The van der Waals surface area contributed by atoms with Crippen LogP contribution in [0.25, 0.3) is 0 Å². The van der Waals surface area contributed by atoms with E-state index in [9.17, 15) is 0 Å². The SMILES string of the molecule is CSc1nccc(Nc2cccc3c2C=NC3)n1.Nc1cccc2c1C=NC2. The van der Waals surface area contributed by atoms with Crippen LogP contribution in [0.2, 0.25) is 0 Å². The van der Waals surface area contributed by atoms with Crippen LogP contribution in [0.5, 0.6) is 0 Å². The standard InChI is InChI=1S/C13H12N4S.C8H8N2/c1-18-13-15-6-5-12(17-13)16-11-4-2-3-9-7-14-8-10(9)11;9-8-3-1-2-6-4-10-5-7(6)8/h2-6,8H,7H2,1H3,(H,15,16,17);1-3,5H,4,9H2. The zero-order valence-corrected chi connectivity index (χ0v) is 16.3. The summed E-state index contributed by atoms with van der Waals surface area (Å²) < 4.78 is 0. The van der Waals surface area contributed by atoms with Crippen molar-refractivity contribution in [2.45, 2.75) is 18.2 Å². The molecule has 0 atom stereocenters. The molecule has 2 aliphatic rings. The highest BCUT2D eigenvalue weighted by Crippen LogP contribution is 2.25. The third-order valence-electron chi connectivity index (χ3n) is 4.47. The number of nitrogens with two attached hydrogens (primary N) is 1. The Morgan fingerprint density at radius 3 is 2.39 bits per heavy atom. The summed E-state index contributed by atoms with van der Waals surface area (Å²) in [5.74, 6) is 0.808. The Morgan fingerprint density at radius 2 is 1.64 bits per heavy atom. The predicted octanol–water partition coefficient (Wildman–Crippen LogP) is 4.08. The van der Waals surface area contributed by atoms with Gasteiger partial charge in [0.15, 0.2) is 5.16 Å². The molecule has 2 aromatic carbocycles. The van der Waals surface area contributed by atoms with E-state index in [0.29, 0.717) is 0 Å².